The van der Waals surface area contributed by atoms with E-state index in [2.05, 4.69) is 9.97 Å². The van der Waals surface area contributed by atoms with Crippen molar-refractivity contribution in [2.75, 3.05) is 19.8 Å². The van der Waals surface area contributed by atoms with Crippen molar-refractivity contribution in [2.24, 2.45) is 0 Å². The van der Waals surface area contributed by atoms with Crippen molar-refractivity contribution in [3.8, 4) is 0 Å². The normalized spacial score (nSPS) is 23.2. The highest BCUT2D eigenvalue weighted by Gasteiger charge is 2.29. The average Bonchev–Trinajstić information content (AvgIpc) is 2.94. The molecule has 1 aliphatic heterocycles. The van der Waals surface area contributed by atoms with Gasteiger partial charge in [-0.1, -0.05) is 0 Å². The van der Waals surface area contributed by atoms with Crippen molar-refractivity contribution in [3.05, 3.63) is 30.1 Å². The predicted molar refractivity (Wildman–Crippen MR) is 73.4 cm³/mol. The average molecular weight is 275 g/mol. The summed E-state index contributed by atoms with van der Waals surface area (Å²) < 4.78 is 5.45. The summed E-state index contributed by atoms with van der Waals surface area (Å²) >= 11 is 0. The Kier molecular flexibility index (Phi) is 3.42. The number of benzene rings is 1. The lowest BCUT2D eigenvalue weighted by atomic mass is 10.1. The molecule has 1 aromatic carbocycles. The Morgan fingerprint density at radius 3 is 3.25 bits per heavy atom. The number of morpholine rings is 1. The molecule has 1 saturated heterocycles. The van der Waals surface area contributed by atoms with Gasteiger partial charge in [0.2, 0.25) is 0 Å². The zero-order valence-corrected chi connectivity index (χ0v) is 11.2. The highest BCUT2D eigenvalue weighted by Crippen LogP contribution is 2.18. The monoisotopic (exact) mass is 275 g/mol. The number of amides is 1. The van der Waals surface area contributed by atoms with Crippen LogP contribution in [-0.4, -0.2) is 57.8 Å². The van der Waals surface area contributed by atoms with Gasteiger partial charge in [-0.05, 0) is 25.1 Å². The molecule has 2 N–H and O–H groups in total. The quantitative estimate of drug-likeness (QED) is 0.849. The number of aromatic nitrogens is 2. The van der Waals surface area contributed by atoms with Gasteiger partial charge < -0.3 is 19.7 Å². The molecule has 1 aromatic heterocycles. The number of aliphatic hydroxyl groups is 1. The number of hydrogen-bond acceptors (Lipinski definition) is 4. The number of imidazole rings is 1. The number of ether oxygens (including phenoxy) is 1. The summed E-state index contributed by atoms with van der Waals surface area (Å²) in [6.45, 7) is 2.73. The molecule has 1 fully saturated rings. The maximum absolute atomic E-state index is 12.6. The summed E-state index contributed by atoms with van der Waals surface area (Å²) in [5, 5.41) is 9.18. The molecule has 2 heterocycles. The lowest BCUT2D eigenvalue weighted by molar-refractivity contribution is -0.0667. The Balaban J connectivity index is 1.86. The number of nitrogens with zero attached hydrogens (tertiary/aromatic N) is 2. The van der Waals surface area contributed by atoms with E-state index in [4.69, 9.17) is 4.74 Å². The highest BCUT2D eigenvalue weighted by molar-refractivity contribution is 5.97. The first-order chi connectivity index (χ1) is 9.69. The van der Waals surface area contributed by atoms with E-state index < -0.39 is 0 Å². The summed E-state index contributed by atoms with van der Waals surface area (Å²) in [7, 11) is 0. The molecule has 2 aromatic rings. The maximum atomic E-state index is 12.6. The zero-order valence-electron chi connectivity index (χ0n) is 11.2. The van der Waals surface area contributed by atoms with Crippen LogP contribution in [0.5, 0.6) is 0 Å². The maximum Gasteiger partial charge on any atom is 0.254 e. The third-order valence-electron chi connectivity index (χ3n) is 3.64. The van der Waals surface area contributed by atoms with Crippen LogP contribution in [-0.2, 0) is 4.74 Å². The fourth-order valence-corrected chi connectivity index (χ4v) is 2.45. The number of rotatable bonds is 2. The molecular formula is C14H17N3O3. The SMILES string of the molecule is CC1COC(CO)CN1C(=O)c1ccc2nc[nH]c2c1. The van der Waals surface area contributed by atoms with Crippen LogP contribution >= 0.6 is 0 Å². The molecule has 1 aliphatic rings. The number of aromatic amines is 1. The summed E-state index contributed by atoms with van der Waals surface area (Å²) in [5.74, 6) is -0.0456. The van der Waals surface area contributed by atoms with Crippen LogP contribution in [0.3, 0.4) is 0 Å². The minimum atomic E-state index is -0.300. The molecule has 0 bridgehead atoms. The Bertz CT molecular complexity index is 625. The van der Waals surface area contributed by atoms with Gasteiger partial charge >= 0.3 is 0 Å². The second-order valence-corrected chi connectivity index (χ2v) is 5.08. The fourth-order valence-electron chi connectivity index (χ4n) is 2.45. The molecule has 20 heavy (non-hydrogen) atoms. The molecule has 6 heteroatoms. The van der Waals surface area contributed by atoms with E-state index in [0.29, 0.717) is 18.7 Å². The van der Waals surface area contributed by atoms with Crippen molar-refractivity contribution in [3.63, 3.8) is 0 Å². The molecule has 0 radical (unpaired) electrons. The van der Waals surface area contributed by atoms with Gasteiger partial charge in [0.1, 0.15) is 0 Å². The molecule has 2 unspecified atom stereocenters. The molecule has 106 valence electrons. The predicted octanol–water partition coefficient (Wildman–Crippen LogP) is 0.785. The van der Waals surface area contributed by atoms with E-state index in [1.807, 2.05) is 13.0 Å². The van der Waals surface area contributed by atoms with Crippen LogP contribution in [0.25, 0.3) is 11.0 Å². The van der Waals surface area contributed by atoms with Crippen molar-refractivity contribution < 1.29 is 14.6 Å². The van der Waals surface area contributed by atoms with Crippen molar-refractivity contribution in [1.29, 1.82) is 0 Å². The van der Waals surface area contributed by atoms with Crippen molar-refractivity contribution in [1.82, 2.24) is 14.9 Å². The first-order valence-electron chi connectivity index (χ1n) is 6.65. The van der Waals surface area contributed by atoms with Gasteiger partial charge in [-0.25, -0.2) is 4.98 Å². The summed E-state index contributed by atoms with van der Waals surface area (Å²) in [6.07, 6.45) is 1.31. The Labute approximate surface area is 116 Å². The highest BCUT2D eigenvalue weighted by atomic mass is 16.5. The largest absolute Gasteiger partial charge is 0.394 e. The number of carbonyl (C=O) groups is 1. The Hall–Kier alpha value is -1.92. The van der Waals surface area contributed by atoms with E-state index in [1.54, 1.807) is 23.4 Å². The van der Waals surface area contributed by atoms with Crippen molar-refractivity contribution >= 4 is 16.9 Å². The first kappa shape index (κ1) is 13.1. The summed E-state index contributed by atoms with van der Waals surface area (Å²) in [4.78, 5) is 21.5. The van der Waals surface area contributed by atoms with Crippen LogP contribution in [0, 0.1) is 0 Å². The van der Waals surface area contributed by atoms with Crippen LogP contribution < -0.4 is 0 Å². The Morgan fingerprint density at radius 2 is 2.45 bits per heavy atom. The van der Waals surface area contributed by atoms with Gasteiger partial charge in [0, 0.05) is 12.1 Å². The van der Waals surface area contributed by atoms with E-state index in [0.717, 1.165) is 11.0 Å². The minimum absolute atomic E-state index is 0.00256. The lowest BCUT2D eigenvalue weighted by Crippen LogP contribution is -2.52. The lowest BCUT2D eigenvalue weighted by Gasteiger charge is -2.37. The smallest absolute Gasteiger partial charge is 0.254 e. The molecule has 0 spiro atoms. The molecule has 0 saturated carbocycles. The summed E-state index contributed by atoms with van der Waals surface area (Å²) in [5.41, 5.74) is 2.30. The van der Waals surface area contributed by atoms with E-state index in [1.165, 1.54) is 0 Å². The molecule has 2 atom stereocenters. The van der Waals surface area contributed by atoms with E-state index in [-0.39, 0.29) is 24.7 Å². The summed E-state index contributed by atoms with van der Waals surface area (Å²) in [6, 6.07) is 5.42. The number of hydrogen-bond donors (Lipinski definition) is 2. The third kappa shape index (κ3) is 2.28. The van der Waals surface area contributed by atoms with Crippen LogP contribution in [0.4, 0.5) is 0 Å². The van der Waals surface area contributed by atoms with Gasteiger partial charge in [-0.15, -0.1) is 0 Å². The van der Waals surface area contributed by atoms with Gasteiger partial charge in [0.05, 0.1) is 42.7 Å². The van der Waals surface area contributed by atoms with Gasteiger partial charge in [0.25, 0.3) is 5.91 Å². The fraction of sp³-hybridized carbons (Fsp3) is 0.429. The molecule has 3 rings (SSSR count). The van der Waals surface area contributed by atoms with Gasteiger partial charge in [-0.2, -0.15) is 0 Å². The second kappa shape index (κ2) is 5.22. The Morgan fingerprint density at radius 1 is 1.60 bits per heavy atom. The second-order valence-electron chi connectivity index (χ2n) is 5.08. The van der Waals surface area contributed by atoms with Crippen LogP contribution in [0.2, 0.25) is 0 Å². The zero-order chi connectivity index (χ0) is 14.1. The molecular weight excluding hydrogens is 258 g/mol. The topological polar surface area (TPSA) is 78.5 Å². The standard InChI is InChI=1S/C14H17N3O3/c1-9-7-20-11(6-18)5-17(9)14(19)10-2-3-12-13(4-10)16-8-15-12/h2-4,8-9,11,18H,5-7H2,1H3,(H,15,16). The number of H-pyrrole nitrogens is 1. The third-order valence-corrected chi connectivity index (χ3v) is 3.64. The first-order valence-corrected chi connectivity index (χ1v) is 6.65. The van der Waals surface area contributed by atoms with Gasteiger partial charge in [-0.3, -0.25) is 4.79 Å². The van der Waals surface area contributed by atoms with E-state index in [9.17, 15) is 9.90 Å². The number of nitrogens with one attached hydrogen (secondary N) is 1. The van der Waals surface area contributed by atoms with Crippen LogP contribution in [0.15, 0.2) is 24.5 Å². The van der Waals surface area contributed by atoms with Crippen LogP contribution in [0.1, 0.15) is 17.3 Å². The molecule has 6 nitrogen and oxygen atoms in total. The van der Waals surface area contributed by atoms with Gasteiger partial charge in [0.15, 0.2) is 0 Å². The number of fused-ring (bicyclic) bond motifs is 1. The number of carbonyl (C=O) groups excluding carboxylic acids is 1. The van der Waals surface area contributed by atoms with Crippen molar-refractivity contribution in [2.45, 2.75) is 19.1 Å². The number of aliphatic hydroxyl groups excluding tert-OH is 1. The molecule has 0 aliphatic carbocycles. The molecule has 1 amide bonds. The minimum Gasteiger partial charge on any atom is -0.394 e. The van der Waals surface area contributed by atoms with E-state index >= 15 is 0 Å².